The summed E-state index contributed by atoms with van der Waals surface area (Å²) < 4.78 is 5.87. The first-order valence-electron chi connectivity index (χ1n) is 11.4. The molecule has 0 amide bonds. The molecule has 0 radical (unpaired) electrons. The Bertz CT molecular complexity index is 1390. The molecule has 0 fully saturated rings. The lowest BCUT2D eigenvalue weighted by Gasteiger charge is -2.37. The van der Waals surface area contributed by atoms with E-state index < -0.39 is 0 Å². The molecule has 4 aromatic rings. The smallest absolute Gasteiger partial charge is 0.258 e. The fourth-order valence-electron chi connectivity index (χ4n) is 4.50. The number of allylic oxidation sites excluding steroid dienone is 1. The minimum absolute atomic E-state index is 0.210. The van der Waals surface area contributed by atoms with Gasteiger partial charge in [-0.15, -0.1) is 11.8 Å². The quantitative estimate of drug-likeness (QED) is 0.236. The predicted molar refractivity (Wildman–Crippen MR) is 147 cm³/mol. The van der Waals surface area contributed by atoms with Crippen LogP contribution in [-0.4, -0.2) is 21.5 Å². The molecule has 3 aromatic carbocycles. The molecule has 0 saturated heterocycles. The molecule has 35 heavy (non-hydrogen) atoms. The van der Waals surface area contributed by atoms with Crippen molar-refractivity contribution < 1.29 is 4.52 Å². The van der Waals surface area contributed by atoms with E-state index >= 15 is 0 Å². The highest BCUT2D eigenvalue weighted by Gasteiger charge is 2.34. The number of rotatable bonds is 5. The van der Waals surface area contributed by atoms with Crippen molar-refractivity contribution in [2.24, 2.45) is 0 Å². The van der Waals surface area contributed by atoms with Gasteiger partial charge < -0.3 is 9.84 Å². The average Bonchev–Trinajstić information content (AvgIpc) is 3.33. The Morgan fingerprint density at radius 3 is 2.29 bits per heavy atom. The summed E-state index contributed by atoms with van der Waals surface area (Å²) in [4.78, 5) is 8.07. The zero-order valence-corrected chi connectivity index (χ0v) is 21.7. The SMILES string of the molecule is CSc1ccc(-c2noc(C3=C(C)N(c4cc(C)cc(C)c4)C(=S)NC3c3ccccc3)n2)cc1. The monoisotopic (exact) mass is 498 g/mol. The molecule has 1 atom stereocenters. The van der Waals surface area contributed by atoms with E-state index in [-0.39, 0.29) is 6.04 Å². The maximum atomic E-state index is 5.87. The van der Waals surface area contributed by atoms with Gasteiger partial charge in [-0.2, -0.15) is 4.98 Å². The summed E-state index contributed by atoms with van der Waals surface area (Å²) >= 11 is 7.57. The van der Waals surface area contributed by atoms with E-state index in [0.29, 0.717) is 16.8 Å². The third kappa shape index (κ3) is 4.61. The second-order valence-corrected chi connectivity index (χ2v) is 9.89. The van der Waals surface area contributed by atoms with Crippen molar-refractivity contribution in [2.45, 2.75) is 31.7 Å². The van der Waals surface area contributed by atoms with Crippen LogP contribution in [0, 0.1) is 13.8 Å². The summed E-state index contributed by atoms with van der Waals surface area (Å²) in [6.45, 7) is 6.25. The number of aromatic nitrogens is 2. The van der Waals surface area contributed by atoms with Crippen LogP contribution < -0.4 is 10.2 Å². The van der Waals surface area contributed by atoms with Crippen molar-refractivity contribution in [1.29, 1.82) is 0 Å². The molecule has 0 bridgehead atoms. The first kappa shape index (κ1) is 23.3. The number of hydrogen-bond donors (Lipinski definition) is 1. The lowest BCUT2D eigenvalue weighted by molar-refractivity contribution is 0.404. The summed E-state index contributed by atoms with van der Waals surface area (Å²) in [6.07, 6.45) is 2.06. The number of anilines is 1. The van der Waals surface area contributed by atoms with E-state index in [9.17, 15) is 0 Å². The standard InChI is InChI=1S/C28H26N4OS2/c1-17-14-18(2)16-22(15-17)32-19(3)24(25(29-28(32)34)20-8-6-5-7-9-20)27-30-26(31-33-27)21-10-12-23(35-4)13-11-21/h5-16,25H,1-4H3,(H,29,34). The molecule has 0 saturated carbocycles. The van der Waals surface area contributed by atoms with Crippen LogP contribution in [-0.2, 0) is 0 Å². The van der Waals surface area contributed by atoms with E-state index in [1.54, 1.807) is 11.8 Å². The lowest BCUT2D eigenvalue weighted by atomic mass is 9.94. The first-order chi connectivity index (χ1) is 16.9. The van der Waals surface area contributed by atoms with Crippen LogP contribution in [0.1, 0.15) is 35.5 Å². The lowest BCUT2D eigenvalue weighted by Crippen LogP contribution is -2.46. The highest BCUT2D eigenvalue weighted by atomic mass is 32.2. The van der Waals surface area contributed by atoms with Gasteiger partial charge in [-0.05, 0) is 92.3 Å². The number of nitrogens with zero attached hydrogens (tertiary/aromatic N) is 3. The van der Waals surface area contributed by atoms with E-state index in [0.717, 1.165) is 28.1 Å². The summed E-state index contributed by atoms with van der Waals surface area (Å²) in [5.41, 5.74) is 7.22. The zero-order chi connectivity index (χ0) is 24.5. The molecule has 0 spiro atoms. The van der Waals surface area contributed by atoms with Gasteiger partial charge in [0.2, 0.25) is 5.82 Å². The van der Waals surface area contributed by atoms with Gasteiger partial charge in [-0.1, -0.05) is 41.6 Å². The first-order valence-corrected chi connectivity index (χ1v) is 13.0. The van der Waals surface area contributed by atoms with Crippen LogP contribution in [0.15, 0.2) is 87.9 Å². The van der Waals surface area contributed by atoms with Gasteiger partial charge in [0.1, 0.15) is 0 Å². The topological polar surface area (TPSA) is 54.2 Å². The second kappa shape index (κ2) is 9.68. The number of thioether (sulfide) groups is 1. The Morgan fingerprint density at radius 1 is 0.943 bits per heavy atom. The fraction of sp³-hybridized carbons (Fsp3) is 0.179. The Morgan fingerprint density at radius 2 is 1.63 bits per heavy atom. The van der Waals surface area contributed by atoms with E-state index in [1.165, 1.54) is 16.0 Å². The van der Waals surface area contributed by atoms with Gasteiger partial charge in [-0.25, -0.2) is 0 Å². The van der Waals surface area contributed by atoms with E-state index in [4.69, 9.17) is 21.7 Å². The highest BCUT2D eigenvalue weighted by molar-refractivity contribution is 7.98. The normalized spacial score (nSPS) is 15.9. The van der Waals surface area contributed by atoms with Crippen LogP contribution in [0.5, 0.6) is 0 Å². The van der Waals surface area contributed by atoms with Gasteiger partial charge in [0.05, 0.1) is 11.6 Å². The average molecular weight is 499 g/mol. The van der Waals surface area contributed by atoms with Crippen LogP contribution in [0.4, 0.5) is 5.69 Å². The Balaban J connectivity index is 1.64. The molecule has 5 rings (SSSR count). The van der Waals surface area contributed by atoms with Crippen molar-refractivity contribution in [3.63, 3.8) is 0 Å². The molecule has 0 aliphatic carbocycles. The molecule has 1 unspecified atom stereocenters. The number of hydrogen-bond acceptors (Lipinski definition) is 5. The molecule has 1 aromatic heterocycles. The number of benzene rings is 3. The van der Waals surface area contributed by atoms with Gasteiger partial charge in [-0.3, -0.25) is 4.90 Å². The molecule has 7 heteroatoms. The molecule has 1 aliphatic heterocycles. The summed E-state index contributed by atoms with van der Waals surface area (Å²) in [7, 11) is 0. The molecule has 1 N–H and O–H groups in total. The maximum Gasteiger partial charge on any atom is 0.258 e. The summed E-state index contributed by atoms with van der Waals surface area (Å²) in [5, 5.41) is 8.49. The van der Waals surface area contributed by atoms with Crippen molar-refractivity contribution in [2.75, 3.05) is 11.2 Å². The van der Waals surface area contributed by atoms with Crippen molar-refractivity contribution in [1.82, 2.24) is 15.5 Å². The summed E-state index contributed by atoms with van der Waals surface area (Å²) in [5.74, 6) is 1.04. The van der Waals surface area contributed by atoms with Crippen LogP contribution in [0.2, 0.25) is 0 Å². The minimum Gasteiger partial charge on any atom is -0.351 e. The van der Waals surface area contributed by atoms with Crippen LogP contribution in [0.3, 0.4) is 0 Å². The molecule has 2 heterocycles. The van der Waals surface area contributed by atoms with Crippen LogP contribution >= 0.6 is 24.0 Å². The fourth-order valence-corrected chi connectivity index (χ4v) is 5.26. The number of thiocarbonyl (C=S) groups is 1. The molecule has 1 aliphatic rings. The predicted octanol–water partition coefficient (Wildman–Crippen LogP) is 6.94. The summed E-state index contributed by atoms with van der Waals surface area (Å²) in [6, 6.07) is 24.6. The van der Waals surface area contributed by atoms with Gasteiger partial charge in [0, 0.05) is 21.8 Å². The third-order valence-corrected chi connectivity index (χ3v) is 7.13. The van der Waals surface area contributed by atoms with Gasteiger partial charge in [0.15, 0.2) is 5.11 Å². The maximum absolute atomic E-state index is 5.87. The van der Waals surface area contributed by atoms with E-state index in [1.807, 2.05) is 30.3 Å². The van der Waals surface area contributed by atoms with Crippen molar-refractivity contribution >= 4 is 40.4 Å². The number of nitrogens with one attached hydrogen (secondary N) is 1. The van der Waals surface area contributed by atoms with E-state index in [2.05, 4.69) is 84.9 Å². The highest BCUT2D eigenvalue weighted by Crippen LogP contribution is 2.39. The van der Waals surface area contributed by atoms with Crippen molar-refractivity contribution in [3.8, 4) is 11.4 Å². The van der Waals surface area contributed by atoms with Crippen molar-refractivity contribution in [3.05, 3.63) is 101 Å². The Labute approximate surface area is 215 Å². The minimum atomic E-state index is -0.210. The Kier molecular flexibility index (Phi) is 6.45. The number of aryl methyl sites for hydroxylation is 2. The molecule has 5 nitrogen and oxygen atoms in total. The molecule has 176 valence electrons. The second-order valence-electron chi connectivity index (χ2n) is 8.63. The third-order valence-electron chi connectivity index (χ3n) is 6.09. The molecular weight excluding hydrogens is 472 g/mol. The Hall–Kier alpha value is -3.42. The zero-order valence-electron chi connectivity index (χ0n) is 20.1. The van der Waals surface area contributed by atoms with Gasteiger partial charge >= 0.3 is 0 Å². The largest absolute Gasteiger partial charge is 0.351 e. The van der Waals surface area contributed by atoms with Gasteiger partial charge in [0.25, 0.3) is 5.89 Å². The van der Waals surface area contributed by atoms with Crippen LogP contribution in [0.25, 0.3) is 17.0 Å². The molecular formula is C28H26N4OS2.